The van der Waals surface area contributed by atoms with Gasteiger partial charge in [-0.3, -0.25) is 0 Å². The molecule has 1 heteroatoms. The molecule has 0 aliphatic heterocycles. The second-order valence-electron chi connectivity index (χ2n) is 15.3. The number of fused-ring (bicyclic) bond motifs is 5. The third-order valence-corrected chi connectivity index (χ3v) is 12.1. The van der Waals surface area contributed by atoms with Gasteiger partial charge in [0.1, 0.15) is 0 Å². The maximum Gasteiger partial charge on any atom is 0.0713 e. The molecule has 0 radical (unpaired) electrons. The summed E-state index contributed by atoms with van der Waals surface area (Å²) in [6.07, 6.45) is 0. The van der Waals surface area contributed by atoms with Gasteiger partial charge in [-0.1, -0.05) is 194 Å². The topological polar surface area (TPSA) is 3.24 Å². The quantitative estimate of drug-likeness (QED) is 0.157. The molecule has 1 aliphatic carbocycles. The van der Waals surface area contributed by atoms with Crippen LogP contribution in [0.1, 0.15) is 22.3 Å². The average molecular weight is 738 g/mol. The summed E-state index contributed by atoms with van der Waals surface area (Å²) >= 11 is 0. The van der Waals surface area contributed by atoms with Gasteiger partial charge in [0.25, 0.3) is 0 Å². The normalized spacial score (nSPS) is 12.6. The molecule has 0 unspecified atom stereocenters. The van der Waals surface area contributed by atoms with Crippen molar-refractivity contribution in [2.45, 2.75) is 5.41 Å². The van der Waals surface area contributed by atoms with E-state index in [9.17, 15) is 0 Å². The van der Waals surface area contributed by atoms with Crippen LogP contribution >= 0.6 is 0 Å². The first-order chi connectivity index (χ1) is 28.8. The number of nitrogens with zero attached hydrogens (tertiary/aromatic N) is 1. The molecule has 1 nitrogen and oxygen atoms in total. The van der Waals surface area contributed by atoms with E-state index in [1.54, 1.807) is 0 Å². The minimum atomic E-state index is -0.439. The molecule has 0 atom stereocenters. The monoisotopic (exact) mass is 737 g/mol. The SMILES string of the molecule is c1ccc(C2(c3ccccc3)c3ccccc3-c3ccc(-c4ccc(N(c5cccc(-c6ccc7ccccc7c6)c5)c5cccc6ccccc56)cc4)cc32)cc1. The highest BCUT2D eigenvalue weighted by atomic mass is 15.1. The molecule has 0 aromatic heterocycles. The minimum Gasteiger partial charge on any atom is -0.310 e. The van der Waals surface area contributed by atoms with Gasteiger partial charge in [0.15, 0.2) is 0 Å². The highest BCUT2D eigenvalue weighted by Crippen LogP contribution is 2.56. The van der Waals surface area contributed by atoms with Crippen LogP contribution in [0.15, 0.2) is 237 Å². The first-order valence-corrected chi connectivity index (χ1v) is 20.1. The Bertz CT molecular complexity index is 3060. The standard InChI is InChI=1S/C57H39N/c1-3-20-47(21-4-1)57(48-22-5-2-6-23-48)54-27-12-11-26-52(54)53-36-33-46(39-55(53)57)41-31-34-49(35-32-41)58(56-28-14-18-42-16-9-10-25-51(42)56)50-24-13-19-44(38-50)45-30-29-40-15-7-8-17-43(40)37-45/h1-39H. The number of anilines is 3. The number of hydrogen-bond donors (Lipinski definition) is 0. The number of benzene rings is 10. The van der Waals surface area contributed by atoms with Crippen LogP contribution in [0.2, 0.25) is 0 Å². The van der Waals surface area contributed by atoms with Crippen LogP contribution in [0.4, 0.5) is 17.1 Å². The summed E-state index contributed by atoms with van der Waals surface area (Å²) in [5.74, 6) is 0. The van der Waals surface area contributed by atoms with Crippen molar-refractivity contribution < 1.29 is 0 Å². The second-order valence-corrected chi connectivity index (χ2v) is 15.3. The van der Waals surface area contributed by atoms with E-state index in [1.807, 2.05) is 0 Å². The fraction of sp³-hybridized carbons (Fsp3) is 0.0175. The second kappa shape index (κ2) is 13.9. The molecule has 58 heavy (non-hydrogen) atoms. The summed E-state index contributed by atoms with van der Waals surface area (Å²) in [5.41, 5.74) is 15.5. The van der Waals surface area contributed by atoms with Gasteiger partial charge in [0.05, 0.1) is 11.1 Å². The van der Waals surface area contributed by atoms with Gasteiger partial charge in [-0.2, -0.15) is 0 Å². The molecule has 0 N–H and O–H groups in total. The Morgan fingerprint density at radius 3 is 1.66 bits per heavy atom. The molecule has 0 heterocycles. The van der Waals surface area contributed by atoms with Gasteiger partial charge in [0.2, 0.25) is 0 Å². The molecule has 0 amide bonds. The summed E-state index contributed by atoms with van der Waals surface area (Å²) in [4.78, 5) is 2.41. The Morgan fingerprint density at radius 1 is 0.293 bits per heavy atom. The van der Waals surface area contributed by atoms with Crippen molar-refractivity contribution >= 4 is 38.6 Å². The van der Waals surface area contributed by atoms with Gasteiger partial charge < -0.3 is 4.90 Å². The van der Waals surface area contributed by atoms with Gasteiger partial charge in [-0.05, 0) is 114 Å². The van der Waals surface area contributed by atoms with Crippen molar-refractivity contribution in [3.63, 3.8) is 0 Å². The summed E-state index contributed by atoms with van der Waals surface area (Å²) in [6, 6.07) is 86.8. The van der Waals surface area contributed by atoms with E-state index in [0.717, 1.165) is 17.1 Å². The molecule has 11 rings (SSSR count). The van der Waals surface area contributed by atoms with Crippen LogP contribution in [-0.2, 0) is 5.41 Å². The van der Waals surface area contributed by atoms with Crippen LogP contribution in [0.3, 0.4) is 0 Å². The summed E-state index contributed by atoms with van der Waals surface area (Å²) < 4.78 is 0. The molecule has 10 aromatic rings. The van der Waals surface area contributed by atoms with Crippen molar-refractivity contribution in [2.75, 3.05) is 4.90 Å². The van der Waals surface area contributed by atoms with E-state index in [4.69, 9.17) is 0 Å². The lowest BCUT2D eigenvalue weighted by Gasteiger charge is -2.34. The molecule has 272 valence electrons. The van der Waals surface area contributed by atoms with Crippen molar-refractivity contribution in [3.05, 3.63) is 259 Å². The van der Waals surface area contributed by atoms with Crippen LogP contribution in [-0.4, -0.2) is 0 Å². The molecule has 10 aromatic carbocycles. The zero-order valence-corrected chi connectivity index (χ0v) is 32.0. The van der Waals surface area contributed by atoms with E-state index < -0.39 is 5.41 Å². The predicted octanol–water partition coefficient (Wildman–Crippen LogP) is 15.2. The van der Waals surface area contributed by atoms with E-state index in [1.165, 1.54) is 77.2 Å². The third-order valence-electron chi connectivity index (χ3n) is 12.1. The third kappa shape index (κ3) is 5.47. The van der Waals surface area contributed by atoms with E-state index >= 15 is 0 Å². The Morgan fingerprint density at radius 2 is 0.862 bits per heavy atom. The molecule has 0 saturated carbocycles. The minimum absolute atomic E-state index is 0.439. The van der Waals surface area contributed by atoms with Crippen LogP contribution in [0, 0.1) is 0 Å². The highest BCUT2D eigenvalue weighted by molar-refractivity contribution is 5.99. The lowest BCUT2D eigenvalue weighted by Crippen LogP contribution is -2.28. The summed E-state index contributed by atoms with van der Waals surface area (Å²) in [7, 11) is 0. The molecular formula is C57H39N. The number of rotatable bonds is 7. The largest absolute Gasteiger partial charge is 0.310 e. The Hall–Kier alpha value is -7.48. The zero-order chi connectivity index (χ0) is 38.5. The first kappa shape index (κ1) is 33.8. The lowest BCUT2D eigenvalue weighted by atomic mass is 9.67. The van der Waals surface area contributed by atoms with E-state index in [-0.39, 0.29) is 0 Å². The van der Waals surface area contributed by atoms with Crippen LogP contribution in [0.25, 0.3) is 54.9 Å². The summed E-state index contributed by atoms with van der Waals surface area (Å²) in [5, 5.41) is 4.92. The van der Waals surface area contributed by atoms with Gasteiger partial charge in [-0.15, -0.1) is 0 Å². The maximum absolute atomic E-state index is 2.44. The van der Waals surface area contributed by atoms with Gasteiger partial charge in [-0.25, -0.2) is 0 Å². The van der Waals surface area contributed by atoms with Crippen molar-refractivity contribution in [2.24, 2.45) is 0 Å². The fourth-order valence-electron chi connectivity index (χ4n) is 9.45. The zero-order valence-electron chi connectivity index (χ0n) is 32.0. The predicted molar refractivity (Wildman–Crippen MR) is 244 cm³/mol. The van der Waals surface area contributed by atoms with E-state index in [2.05, 4.69) is 241 Å². The van der Waals surface area contributed by atoms with Crippen molar-refractivity contribution in [3.8, 4) is 33.4 Å². The van der Waals surface area contributed by atoms with Crippen molar-refractivity contribution in [1.82, 2.24) is 0 Å². The molecule has 0 bridgehead atoms. The van der Waals surface area contributed by atoms with Gasteiger partial charge in [0, 0.05) is 16.8 Å². The molecule has 0 fully saturated rings. The summed E-state index contributed by atoms with van der Waals surface area (Å²) in [6.45, 7) is 0. The highest BCUT2D eigenvalue weighted by Gasteiger charge is 2.46. The Labute approximate surface area is 339 Å². The van der Waals surface area contributed by atoms with Crippen LogP contribution < -0.4 is 4.90 Å². The van der Waals surface area contributed by atoms with Crippen LogP contribution in [0.5, 0.6) is 0 Å². The number of hydrogen-bond acceptors (Lipinski definition) is 1. The van der Waals surface area contributed by atoms with E-state index in [0.29, 0.717) is 0 Å². The maximum atomic E-state index is 2.44. The van der Waals surface area contributed by atoms with Gasteiger partial charge >= 0.3 is 0 Å². The first-order valence-electron chi connectivity index (χ1n) is 20.1. The Kier molecular flexibility index (Phi) is 8.12. The Balaban J connectivity index is 1.05. The smallest absolute Gasteiger partial charge is 0.0713 e. The lowest BCUT2D eigenvalue weighted by molar-refractivity contribution is 0.769. The molecule has 0 spiro atoms. The molecule has 1 aliphatic rings. The fourth-order valence-corrected chi connectivity index (χ4v) is 9.45. The molecule has 0 saturated heterocycles. The van der Waals surface area contributed by atoms with Crippen molar-refractivity contribution in [1.29, 1.82) is 0 Å². The molecular weight excluding hydrogens is 699 g/mol. The average Bonchev–Trinajstić information content (AvgIpc) is 3.60.